The Labute approximate surface area is 157 Å². The number of hydrogen-bond acceptors (Lipinski definition) is 3. The zero-order valence-electron chi connectivity index (χ0n) is 14.4. The number of benzene rings is 2. The van der Waals surface area contributed by atoms with Crippen LogP contribution in [0.3, 0.4) is 0 Å². The number of fused-ring (bicyclic) bond motifs is 2. The van der Waals surface area contributed by atoms with Crippen LogP contribution in [0.2, 0.25) is 5.02 Å². The lowest BCUT2D eigenvalue weighted by molar-refractivity contribution is 0.664. The molecule has 0 fully saturated rings. The molecule has 0 aliphatic heterocycles. The monoisotopic (exact) mass is 364 g/mol. The summed E-state index contributed by atoms with van der Waals surface area (Å²) in [5.74, 6) is 0. The molecule has 2 aromatic carbocycles. The van der Waals surface area contributed by atoms with Gasteiger partial charge >= 0.3 is 0 Å². The summed E-state index contributed by atoms with van der Waals surface area (Å²) in [6, 6.07) is 16.5. The van der Waals surface area contributed by atoms with Gasteiger partial charge in [-0.05, 0) is 66.4 Å². The van der Waals surface area contributed by atoms with Crippen LogP contribution >= 0.6 is 11.6 Å². The van der Waals surface area contributed by atoms with E-state index in [9.17, 15) is 0 Å². The van der Waals surface area contributed by atoms with E-state index in [1.807, 2.05) is 36.7 Å². The van der Waals surface area contributed by atoms with E-state index in [0.29, 0.717) is 5.02 Å². The van der Waals surface area contributed by atoms with E-state index in [-0.39, 0.29) is 0 Å². The highest BCUT2D eigenvalue weighted by atomic mass is 35.5. The number of halogens is 1. The Kier molecular flexibility index (Phi) is 5.04. The molecule has 0 aliphatic carbocycles. The number of nitrogens with one attached hydrogen (secondary N) is 3. The third-order valence-corrected chi connectivity index (χ3v) is 4.73. The minimum Gasteiger partial charge on any atom is -0.384 e. The second kappa shape index (κ2) is 7.77. The van der Waals surface area contributed by atoms with Gasteiger partial charge in [0.05, 0.1) is 5.52 Å². The highest BCUT2D eigenvalue weighted by Crippen LogP contribution is 2.24. The van der Waals surface area contributed by atoms with Crippen LogP contribution in [0.15, 0.2) is 60.9 Å². The molecule has 4 rings (SSSR count). The van der Waals surface area contributed by atoms with E-state index >= 15 is 0 Å². The van der Waals surface area contributed by atoms with E-state index in [1.165, 1.54) is 16.5 Å². The largest absolute Gasteiger partial charge is 0.384 e. The molecule has 0 atom stereocenters. The molecule has 2 heterocycles. The molecule has 0 saturated carbocycles. The fraction of sp³-hybridized carbons (Fsp3) is 0.190. The summed E-state index contributed by atoms with van der Waals surface area (Å²) in [6.45, 7) is 2.76. The predicted molar refractivity (Wildman–Crippen MR) is 110 cm³/mol. The lowest BCUT2D eigenvalue weighted by Gasteiger charge is -2.10. The standard InChI is InChI=1S/C21H21ClN4/c22-17-3-4-18-20(7-11-26-21(18)13-17)24-9-1-8-23-14-15-2-5-19-16(12-15)6-10-25-19/h2-7,10-13,23,25H,1,8-9,14H2,(H,24,26). The van der Waals surface area contributed by atoms with Crippen molar-refractivity contribution in [3.8, 4) is 0 Å². The van der Waals surface area contributed by atoms with Crippen LogP contribution in [-0.4, -0.2) is 23.1 Å². The SMILES string of the molecule is Clc1ccc2c(NCCCNCc3ccc4[nH]ccc4c3)ccnc2c1. The van der Waals surface area contributed by atoms with Crippen molar-refractivity contribution < 1.29 is 0 Å². The van der Waals surface area contributed by atoms with E-state index < -0.39 is 0 Å². The quantitative estimate of drug-likeness (QED) is 0.406. The highest BCUT2D eigenvalue weighted by Gasteiger charge is 2.02. The van der Waals surface area contributed by atoms with Gasteiger partial charge in [-0.25, -0.2) is 0 Å². The topological polar surface area (TPSA) is 52.7 Å². The van der Waals surface area contributed by atoms with Crippen LogP contribution in [-0.2, 0) is 6.54 Å². The second-order valence-electron chi connectivity index (χ2n) is 6.38. The number of aromatic nitrogens is 2. The van der Waals surface area contributed by atoms with Crippen molar-refractivity contribution in [3.63, 3.8) is 0 Å². The van der Waals surface area contributed by atoms with Gasteiger partial charge < -0.3 is 15.6 Å². The fourth-order valence-electron chi connectivity index (χ4n) is 3.16. The maximum Gasteiger partial charge on any atom is 0.0737 e. The highest BCUT2D eigenvalue weighted by molar-refractivity contribution is 6.31. The van der Waals surface area contributed by atoms with Gasteiger partial charge in [0.15, 0.2) is 0 Å². The maximum absolute atomic E-state index is 6.04. The first-order valence-electron chi connectivity index (χ1n) is 8.84. The van der Waals surface area contributed by atoms with Crippen LogP contribution in [0.25, 0.3) is 21.8 Å². The number of hydrogen-bond donors (Lipinski definition) is 3. The number of anilines is 1. The van der Waals surface area contributed by atoms with Gasteiger partial charge in [-0.15, -0.1) is 0 Å². The minimum atomic E-state index is 0.712. The third-order valence-electron chi connectivity index (χ3n) is 4.50. The summed E-state index contributed by atoms with van der Waals surface area (Å²) in [4.78, 5) is 7.59. The average Bonchev–Trinajstić information content (AvgIpc) is 3.12. The molecule has 5 heteroatoms. The first-order valence-corrected chi connectivity index (χ1v) is 9.22. The average molecular weight is 365 g/mol. The first kappa shape index (κ1) is 16.9. The Morgan fingerprint density at radius 2 is 1.96 bits per heavy atom. The predicted octanol–water partition coefficient (Wildman–Crippen LogP) is 4.96. The van der Waals surface area contributed by atoms with Crippen molar-refractivity contribution in [3.05, 3.63) is 71.5 Å². The molecule has 0 amide bonds. The van der Waals surface area contributed by atoms with Crippen LogP contribution < -0.4 is 10.6 Å². The van der Waals surface area contributed by atoms with E-state index in [1.54, 1.807) is 0 Å². The van der Waals surface area contributed by atoms with Crippen molar-refractivity contribution in [2.75, 3.05) is 18.4 Å². The van der Waals surface area contributed by atoms with Crippen molar-refractivity contribution in [1.82, 2.24) is 15.3 Å². The summed E-state index contributed by atoms with van der Waals surface area (Å²) in [5, 5.41) is 10.1. The Morgan fingerprint density at radius 3 is 2.92 bits per heavy atom. The molecule has 0 unspecified atom stereocenters. The molecular formula is C21H21ClN4. The van der Waals surface area contributed by atoms with Gasteiger partial charge in [0.1, 0.15) is 0 Å². The Balaban J connectivity index is 1.25. The molecule has 132 valence electrons. The van der Waals surface area contributed by atoms with Gasteiger partial charge in [0, 0.05) is 47.1 Å². The van der Waals surface area contributed by atoms with Crippen molar-refractivity contribution in [2.24, 2.45) is 0 Å². The smallest absolute Gasteiger partial charge is 0.0737 e. The molecule has 0 saturated heterocycles. The number of aromatic amines is 1. The summed E-state index contributed by atoms with van der Waals surface area (Å²) >= 11 is 6.04. The number of pyridine rings is 1. The summed E-state index contributed by atoms with van der Waals surface area (Å²) in [7, 11) is 0. The third kappa shape index (κ3) is 3.82. The first-order chi connectivity index (χ1) is 12.8. The van der Waals surface area contributed by atoms with Crippen LogP contribution in [0.5, 0.6) is 0 Å². The molecule has 2 aromatic heterocycles. The van der Waals surface area contributed by atoms with Gasteiger partial charge in [-0.3, -0.25) is 4.98 Å². The van der Waals surface area contributed by atoms with Gasteiger partial charge in [-0.2, -0.15) is 0 Å². The molecule has 0 bridgehead atoms. The normalized spacial score (nSPS) is 11.3. The van der Waals surface area contributed by atoms with Crippen molar-refractivity contribution >= 4 is 39.1 Å². The summed E-state index contributed by atoms with van der Waals surface area (Å²) < 4.78 is 0. The van der Waals surface area contributed by atoms with Crippen LogP contribution in [0, 0.1) is 0 Å². The fourth-order valence-corrected chi connectivity index (χ4v) is 3.32. The Bertz CT molecular complexity index is 1020. The van der Waals surface area contributed by atoms with E-state index in [2.05, 4.69) is 44.9 Å². The number of H-pyrrole nitrogens is 1. The van der Waals surface area contributed by atoms with Crippen LogP contribution in [0.4, 0.5) is 5.69 Å². The summed E-state index contributed by atoms with van der Waals surface area (Å²) in [5.41, 5.74) is 4.51. The van der Waals surface area contributed by atoms with Crippen molar-refractivity contribution in [2.45, 2.75) is 13.0 Å². The van der Waals surface area contributed by atoms with Crippen LogP contribution in [0.1, 0.15) is 12.0 Å². The maximum atomic E-state index is 6.04. The number of nitrogens with zero attached hydrogens (tertiary/aromatic N) is 1. The molecule has 0 aliphatic rings. The van der Waals surface area contributed by atoms with Gasteiger partial charge in [0.2, 0.25) is 0 Å². The van der Waals surface area contributed by atoms with Crippen molar-refractivity contribution in [1.29, 1.82) is 0 Å². The van der Waals surface area contributed by atoms with Gasteiger partial charge in [0.25, 0.3) is 0 Å². The van der Waals surface area contributed by atoms with Gasteiger partial charge in [-0.1, -0.05) is 17.7 Å². The molecular weight excluding hydrogens is 344 g/mol. The molecule has 4 nitrogen and oxygen atoms in total. The summed E-state index contributed by atoms with van der Waals surface area (Å²) in [6.07, 6.45) is 4.84. The van der Waals surface area contributed by atoms with E-state index in [0.717, 1.165) is 42.6 Å². The number of rotatable bonds is 7. The molecule has 0 spiro atoms. The molecule has 3 N–H and O–H groups in total. The Hall–Kier alpha value is -2.56. The molecule has 0 radical (unpaired) electrons. The lowest BCUT2D eigenvalue weighted by atomic mass is 10.1. The van der Waals surface area contributed by atoms with E-state index in [4.69, 9.17) is 11.6 Å². The Morgan fingerprint density at radius 1 is 1.00 bits per heavy atom. The molecule has 26 heavy (non-hydrogen) atoms. The molecule has 4 aromatic rings. The zero-order chi connectivity index (χ0) is 17.8. The lowest BCUT2D eigenvalue weighted by Crippen LogP contribution is -2.17. The zero-order valence-corrected chi connectivity index (χ0v) is 15.2. The minimum absolute atomic E-state index is 0.712. The second-order valence-corrected chi connectivity index (χ2v) is 6.81.